The Morgan fingerprint density at radius 1 is 1.21 bits per heavy atom. The van der Waals surface area contributed by atoms with Crippen LogP contribution in [0, 0.1) is 0 Å². The molecule has 7 heteroatoms. The first kappa shape index (κ1) is 18.5. The number of rotatable bonds is 6. The molecule has 2 atom stereocenters. The molecule has 4 rings (SSSR count). The molecule has 2 fully saturated rings. The van der Waals surface area contributed by atoms with Crippen LogP contribution in [0.2, 0.25) is 0 Å². The number of ether oxygens (including phenoxy) is 1. The van der Waals surface area contributed by atoms with Gasteiger partial charge in [-0.15, -0.1) is 0 Å². The Bertz CT molecular complexity index is 857. The number of hydrogen-bond acceptors (Lipinski definition) is 4. The number of nitrogens with zero attached hydrogens (tertiary/aromatic N) is 3. The predicted octanol–water partition coefficient (Wildman–Crippen LogP) is 2.64. The normalized spacial score (nSPS) is 20.7. The van der Waals surface area contributed by atoms with Crippen molar-refractivity contribution in [2.45, 2.75) is 50.6 Å². The van der Waals surface area contributed by atoms with Gasteiger partial charge in [-0.05, 0) is 62.9 Å². The molecule has 28 heavy (non-hydrogen) atoms. The van der Waals surface area contributed by atoms with Gasteiger partial charge in [0.25, 0.3) is 0 Å². The van der Waals surface area contributed by atoms with E-state index in [1.807, 2.05) is 43.5 Å². The van der Waals surface area contributed by atoms with Gasteiger partial charge in [0.2, 0.25) is 11.8 Å². The van der Waals surface area contributed by atoms with Crippen molar-refractivity contribution in [3.63, 3.8) is 0 Å². The number of carbonyl (C=O) groups is 2. The molecule has 2 aliphatic rings. The van der Waals surface area contributed by atoms with Gasteiger partial charge < -0.3 is 15.0 Å². The van der Waals surface area contributed by atoms with E-state index in [1.54, 1.807) is 16.7 Å². The van der Waals surface area contributed by atoms with Crippen molar-refractivity contribution >= 4 is 17.5 Å². The second-order valence-electron chi connectivity index (χ2n) is 7.56. The Morgan fingerprint density at radius 2 is 1.96 bits per heavy atom. The Morgan fingerprint density at radius 3 is 2.64 bits per heavy atom. The molecule has 1 N–H and O–H groups in total. The SMILES string of the molecule is COc1ccc(N2CCCC(NC(=O)C(C)n3ccc(C4CC4)n3)C2=O)cc1. The van der Waals surface area contributed by atoms with E-state index in [0.717, 1.165) is 23.6 Å². The topological polar surface area (TPSA) is 76.5 Å². The first-order chi connectivity index (χ1) is 13.6. The second-order valence-corrected chi connectivity index (χ2v) is 7.56. The number of piperidine rings is 1. The number of benzene rings is 1. The molecule has 1 aliphatic carbocycles. The molecule has 1 saturated carbocycles. The number of hydrogen-bond donors (Lipinski definition) is 1. The summed E-state index contributed by atoms with van der Waals surface area (Å²) in [5, 5.41) is 7.46. The monoisotopic (exact) mass is 382 g/mol. The van der Waals surface area contributed by atoms with Crippen LogP contribution in [0.4, 0.5) is 5.69 Å². The van der Waals surface area contributed by atoms with Gasteiger partial charge in [-0.1, -0.05) is 0 Å². The molecule has 0 bridgehead atoms. The Hall–Kier alpha value is -2.83. The zero-order valence-electron chi connectivity index (χ0n) is 16.3. The van der Waals surface area contributed by atoms with E-state index in [4.69, 9.17) is 4.74 Å². The zero-order valence-corrected chi connectivity index (χ0v) is 16.3. The van der Waals surface area contributed by atoms with Crippen molar-refractivity contribution in [1.29, 1.82) is 0 Å². The van der Waals surface area contributed by atoms with E-state index in [1.165, 1.54) is 12.8 Å². The maximum atomic E-state index is 12.9. The highest BCUT2D eigenvalue weighted by Crippen LogP contribution is 2.39. The molecular weight excluding hydrogens is 356 g/mol. The van der Waals surface area contributed by atoms with Gasteiger partial charge in [-0.3, -0.25) is 14.3 Å². The second kappa shape index (κ2) is 7.66. The Labute approximate surface area is 164 Å². The van der Waals surface area contributed by atoms with Gasteiger partial charge in [-0.2, -0.15) is 5.10 Å². The summed E-state index contributed by atoms with van der Waals surface area (Å²) < 4.78 is 6.87. The molecule has 2 heterocycles. The maximum Gasteiger partial charge on any atom is 0.249 e. The smallest absolute Gasteiger partial charge is 0.249 e. The number of carbonyl (C=O) groups excluding carboxylic acids is 2. The van der Waals surface area contributed by atoms with E-state index in [0.29, 0.717) is 18.9 Å². The first-order valence-electron chi connectivity index (χ1n) is 9.87. The third-order valence-corrected chi connectivity index (χ3v) is 5.54. The molecule has 148 valence electrons. The Balaban J connectivity index is 1.41. The van der Waals surface area contributed by atoms with Gasteiger partial charge in [0, 0.05) is 24.3 Å². The molecule has 0 radical (unpaired) electrons. The quantitative estimate of drug-likeness (QED) is 0.833. The molecule has 1 aliphatic heterocycles. The predicted molar refractivity (Wildman–Crippen MR) is 105 cm³/mol. The van der Waals surface area contributed by atoms with Crippen LogP contribution in [0.5, 0.6) is 5.75 Å². The minimum atomic E-state index is -0.510. The minimum absolute atomic E-state index is 0.0731. The van der Waals surface area contributed by atoms with Gasteiger partial charge >= 0.3 is 0 Å². The van der Waals surface area contributed by atoms with Crippen LogP contribution in [0.3, 0.4) is 0 Å². The summed E-state index contributed by atoms with van der Waals surface area (Å²) in [5.74, 6) is 1.04. The zero-order chi connectivity index (χ0) is 19.7. The van der Waals surface area contributed by atoms with Crippen molar-refractivity contribution in [2.75, 3.05) is 18.6 Å². The van der Waals surface area contributed by atoms with Crippen LogP contribution in [0.15, 0.2) is 36.5 Å². The lowest BCUT2D eigenvalue weighted by Crippen LogP contribution is -2.53. The van der Waals surface area contributed by atoms with Crippen LogP contribution < -0.4 is 15.0 Å². The molecule has 1 saturated heterocycles. The molecule has 0 spiro atoms. The van der Waals surface area contributed by atoms with Crippen molar-refractivity contribution in [3.8, 4) is 5.75 Å². The highest BCUT2D eigenvalue weighted by molar-refractivity contribution is 6.00. The summed E-state index contributed by atoms with van der Waals surface area (Å²) in [5.41, 5.74) is 1.87. The largest absolute Gasteiger partial charge is 0.497 e. The van der Waals surface area contributed by atoms with Gasteiger partial charge in [0.1, 0.15) is 17.8 Å². The third kappa shape index (κ3) is 3.74. The Kier molecular flexibility index (Phi) is 5.07. The molecule has 7 nitrogen and oxygen atoms in total. The standard InChI is InChI=1S/C21H26N4O3/c1-14(25-13-11-18(23-25)15-5-6-15)20(26)22-19-4-3-12-24(21(19)27)16-7-9-17(28-2)10-8-16/h7-11,13-15,19H,3-6,12H2,1-2H3,(H,22,26). The molecule has 1 aromatic heterocycles. The van der Waals surface area contributed by atoms with Crippen molar-refractivity contribution in [3.05, 3.63) is 42.2 Å². The maximum absolute atomic E-state index is 12.9. The van der Waals surface area contributed by atoms with Crippen LogP contribution in [-0.2, 0) is 9.59 Å². The summed E-state index contributed by atoms with van der Waals surface area (Å²) >= 11 is 0. The molecule has 2 unspecified atom stereocenters. The van der Waals surface area contributed by atoms with E-state index in [-0.39, 0.29) is 11.8 Å². The summed E-state index contributed by atoms with van der Waals surface area (Å²) in [4.78, 5) is 27.4. The number of methoxy groups -OCH3 is 1. The molecular formula is C21H26N4O3. The van der Waals surface area contributed by atoms with Crippen LogP contribution in [0.1, 0.15) is 50.3 Å². The molecule has 2 amide bonds. The van der Waals surface area contributed by atoms with Crippen molar-refractivity contribution in [1.82, 2.24) is 15.1 Å². The fraction of sp³-hybridized carbons (Fsp3) is 0.476. The van der Waals surface area contributed by atoms with Crippen molar-refractivity contribution in [2.24, 2.45) is 0 Å². The average molecular weight is 382 g/mol. The summed E-state index contributed by atoms with van der Waals surface area (Å²) in [6, 6.07) is 8.43. The minimum Gasteiger partial charge on any atom is -0.497 e. The van der Waals surface area contributed by atoms with Crippen LogP contribution in [-0.4, -0.2) is 41.3 Å². The molecule has 2 aromatic rings. The summed E-state index contributed by atoms with van der Waals surface area (Å²) in [6.07, 6.45) is 5.69. The van der Waals surface area contributed by atoms with E-state index >= 15 is 0 Å². The number of nitrogens with one attached hydrogen (secondary N) is 1. The van der Waals surface area contributed by atoms with Gasteiger partial charge in [-0.25, -0.2) is 0 Å². The molecule has 1 aromatic carbocycles. The lowest BCUT2D eigenvalue weighted by molar-refractivity contribution is -0.130. The number of aromatic nitrogens is 2. The van der Waals surface area contributed by atoms with E-state index in [9.17, 15) is 9.59 Å². The number of anilines is 1. The van der Waals surface area contributed by atoms with Gasteiger partial charge in [0.15, 0.2) is 0 Å². The number of amides is 2. The van der Waals surface area contributed by atoms with E-state index in [2.05, 4.69) is 10.4 Å². The fourth-order valence-corrected chi connectivity index (χ4v) is 3.61. The van der Waals surface area contributed by atoms with Crippen molar-refractivity contribution < 1.29 is 14.3 Å². The fourth-order valence-electron chi connectivity index (χ4n) is 3.61. The van der Waals surface area contributed by atoms with Gasteiger partial charge in [0.05, 0.1) is 12.8 Å². The lowest BCUT2D eigenvalue weighted by Gasteiger charge is -2.33. The average Bonchev–Trinajstić information content (AvgIpc) is 3.46. The lowest BCUT2D eigenvalue weighted by atomic mass is 10.0. The highest BCUT2D eigenvalue weighted by Gasteiger charge is 2.32. The van der Waals surface area contributed by atoms with Crippen LogP contribution >= 0.6 is 0 Å². The highest BCUT2D eigenvalue weighted by atomic mass is 16.5. The third-order valence-electron chi connectivity index (χ3n) is 5.54. The summed E-state index contributed by atoms with van der Waals surface area (Å²) in [7, 11) is 1.61. The first-order valence-corrected chi connectivity index (χ1v) is 9.87. The van der Waals surface area contributed by atoms with Crippen LogP contribution in [0.25, 0.3) is 0 Å². The summed E-state index contributed by atoms with van der Waals surface area (Å²) in [6.45, 7) is 2.46. The van der Waals surface area contributed by atoms with E-state index < -0.39 is 12.1 Å².